The van der Waals surface area contributed by atoms with Crippen LogP contribution in [-0.2, 0) is 13.0 Å². The Balaban J connectivity index is 1.22. The highest BCUT2D eigenvalue weighted by Gasteiger charge is 2.41. The molecule has 1 saturated heterocycles. The van der Waals surface area contributed by atoms with Gasteiger partial charge in [0.25, 0.3) is 0 Å². The first-order valence-corrected chi connectivity index (χ1v) is 10.9. The third kappa shape index (κ3) is 2.69. The first-order valence-electron chi connectivity index (χ1n) is 10.9. The summed E-state index contributed by atoms with van der Waals surface area (Å²) in [7, 11) is 0. The fourth-order valence-corrected chi connectivity index (χ4v) is 5.27. The number of hydrogen-bond acceptors (Lipinski definition) is 8. The first-order chi connectivity index (χ1) is 14.7. The topological polar surface area (TPSA) is 95.9 Å². The highest BCUT2D eigenvalue weighted by Crippen LogP contribution is 2.39. The lowest BCUT2D eigenvalue weighted by atomic mass is 9.76. The predicted octanol–water partition coefficient (Wildman–Crippen LogP) is 1.93. The Bertz CT molecular complexity index is 1050. The predicted molar refractivity (Wildman–Crippen MR) is 117 cm³/mol. The number of anilines is 2. The van der Waals surface area contributed by atoms with Gasteiger partial charge in [-0.25, -0.2) is 9.97 Å². The van der Waals surface area contributed by atoms with Crippen LogP contribution in [0.1, 0.15) is 42.8 Å². The Morgan fingerprint density at radius 3 is 2.73 bits per heavy atom. The number of aromatic nitrogens is 3. The van der Waals surface area contributed by atoms with E-state index < -0.39 is 0 Å². The smallest absolute Gasteiger partial charge is 0.156 e. The number of hydrogen-bond donors (Lipinski definition) is 1. The summed E-state index contributed by atoms with van der Waals surface area (Å²) in [4.78, 5) is 28.2. The zero-order valence-electron chi connectivity index (χ0n) is 17.1. The molecule has 2 aromatic heterocycles. The van der Waals surface area contributed by atoms with Crippen LogP contribution < -0.4 is 15.5 Å². The Morgan fingerprint density at radius 2 is 1.90 bits per heavy atom. The lowest BCUT2D eigenvalue weighted by Gasteiger charge is -2.39. The normalized spacial score (nSPS) is 22.0. The van der Waals surface area contributed by atoms with E-state index in [1.54, 1.807) is 0 Å². The maximum Gasteiger partial charge on any atom is 0.156 e. The third-order valence-corrected chi connectivity index (χ3v) is 7.09. The SMILES string of the molecule is NC1=NCCC12CCN(c1cnc3c(n1)CN=C3N1CCCc3ncccc31)CC2. The van der Waals surface area contributed by atoms with Crippen molar-refractivity contribution in [2.45, 2.75) is 38.6 Å². The van der Waals surface area contributed by atoms with Gasteiger partial charge in [0.1, 0.15) is 17.3 Å². The molecule has 0 amide bonds. The van der Waals surface area contributed by atoms with Gasteiger partial charge in [-0.05, 0) is 44.2 Å². The van der Waals surface area contributed by atoms with Gasteiger partial charge in [0.05, 0.1) is 29.8 Å². The lowest BCUT2D eigenvalue weighted by molar-refractivity contribution is 0.319. The standard InChI is InChI=1S/C22H26N8/c23-21-22(5-9-25-21)6-11-29(12-7-22)18-14-26-19-16(28-18)13-27-20(19)30-10-2-3-15-17(30)4-1-8-24-15/h1,4,8,14H,2-3,5-7,9-13H2,(H2,23,25). The van der Waals surface area contributed by atoms with Crippen molar-refractivity contribution in [3.05, 3.63) is 41.6 Å². The summed E-state index contributed by atoms with van der Waals surface area (Å²) in [5.41, 5.74) is 10.5. The van der Waals surface area contributed by atoms with Crippen LogP contribution in [0.5, 0.6) is 0 Å². The number of piperidine rings is 1. The molecule has 2 N–H and O–H groups in total. The lowest BCUT2D eigenvalue weighted by Crippen LogP contribution is -2.46. The van der Waals surface area contributed by atoms with E-state index >= 15 is 0 Å². The molecule has 1 fully saturated rings. The number of rotatable bonds is 1. The van der Waals surface area contributed by atoms with Crippen LogP contribution in [0.3, 0.4) is 0 Å². The minimum atomic E-state index is 0.118. The summed E-state index contributed by atoms with van der Waals surface area (Å²) >= 11 is 0. The Kier molecular flexibility index (Phi) is 4.01. The summed E-state index contributed by atoms with van der Waals surface area (Å²) in [6.45, 7) is 4.30. The van der Waals surface area contributed by atoms with Crippen LogP contribution in [0.25, 0.3) is 0 Å². The average Bonchev–Trinajstić information content (AvgIpc) is 3.37. The van der Waals surface area contributed by atoms with Crippen molar-refractivity contribution >= 4 is 23.2 Å². The van der Waals surface area contributed by atoms with Gasteiger partial charge in [-0.1, -0.05) is 0 Å². The summed E-state index contributed by atoms with van der Waals surface area (Å²) in [5.74, 6) is 2.75. The van der Waals surface area contributed by atoms with Gasteiger partial charge in [-0.2, -0.15) is 0 Å². The van der Waals surface area contributed by atoms with Crippen LogP contribution >= 0.6 is 0 Å². The third-order valence-electron chi connectivity index (χ3n) is 7.09. The molecule has 0 atom stereocenters. The van der Waals surface area contributed by atoms with E-state index in [4.69, 9.17) is 20.7 Å². The van der Waals surface area contributed by atoms with Crippen LogP contribution in [0, 0.1) is 5.41 Å². The minimum Gasteiger partial charge on any atom is -0.387 e. The molecule has 4 aliphatic heterocycles. The number of aryl methyl sites for hydroxylation is 1. The summed E-state index contributed by atoms with van der Waals surface area (Å²) in [6, 6.07) is 4.12. The second-order valence-corrected chi connectivity index (χ2v) is 8.67. The number of nitrogens with two attached hydrogens (primary N) is 1. The van der Waals surface area contributed by atoms with Crippen LogP contribution in [0.2, 0.25) is 0 Å². The van der Waals surface area contributed by atoms with Crippen molar-refractivity contribution in [2.24, 2.45) is 21.1 Å². The minimum absolute atomic E-state index is 0.118. The fourth-order valence-electron chi connectivity index (χ4n) is 5.27. The molecule has 4 aliphatic rings. The number of pyridine rings is 1. The molecule has 154 valence electrons. The van der Waals surface area contributed by atoms with Crippen molar-refractivity contribution in [3.8, 4) is 0 Å². The summed E-state index contributed by atoms with van der Waals surface area (Å²) in [5, 5.41) is 0. The molecule has 6 rings (SSSR count). The van der Waals surface area contributed by atoms with E-state index in [0.29, 0.717) is 6.54 Å². The van der Waals surface area contributed by atoms with Gasteiger partial charge in [-0.3, -0.25) is 15.0 Å². The highest BCUT2D eigenvalue weighted by molar-refractivity contribution is 6.11. The number of aliphatic imine (C=N–C) groups is 2. The molecular formula is C22H26N8. The van der Waals surface area contributed by atoms with Crippen molar-refractivity contribution in [1.82, 2.24) is 15.0 Å². The molecule has 0 aliphatic carbocycles. The van der Waals surface area contributed by atoms with E-state index in [1.165, 1.54) is 0 Å². The Labute approximate surface area is 176 Å². The monoisotopic (exact) mass is 402 g/mol. The fraction of sp³-hybridized carbons (Fsp3) is 0.500. The van der Waals surface area contributed by atoms with E-state index in [1.807, 2.05) is 18.5 Å². The molecule has 6 heterocycles. The molecule has 8 heteroatoms. The molecule has 1 spiro atoms. The van der Waals surface area contributed by atoms with Gasteiger partial charge < -0.3 is 15.5 Å². The Morgan fingerprint density at radius 1 is 1.00 bits per heavy atom. The van der Waals surface area contributed by atoms with E-state index in [9.17, 15) is 0 Å². The number of fused-ring (bicyclic) bond motifs is 2. The van der Waals surface area contributed by atoms with Gasteiger partial charge >= 0.3 is 0 Å². The van der Waals surface area contributed by atoms with Gasteiger partial charge in [0.15, 0.2) is 5.84 Å². The van der Waals surface area contributed by atoms with Crippen molar-refractivity contribution in [1.29, 1.82) is 0 Å². The molecular weight excluding hydrogens is 376 g/mol. The van der Waals surface area contributed by atoms with Gasteiger partial charge in [0, 0.05) is 37.8 Å². The van der Waals surface area contributed by atoms with Gasteiger partial charge in [-0.15, -0.1) is 0 Å². The molecule has 0 saturated carbocycles. The maximum atomic E-state index is 6.20. The number of nitrogens with zero attached hydrogens (tertiary/aromatic N) is 7. The van der Waals surface area contributed by atoms with Crippen molar-refractivity contribution in [3.63, 3.8) is 0 Å². The second kappa shape index (κ2) is 6.75. The van der Waals surface area contributed by atoms with Crippen molar-refractivity contribution < 1.29 is 0 Å². The van der Waals surface area contributed by atoms with Gasteiger partial charge in [0.2, 0.25) is 0 Å². The Hall–Kier alpha value is -3.03. The van der Waals surface area contributed by atoms with E-state index in [2.05, 4.69) is 25.8 Å². The van der Waals surface area contributed by atoms with Crippen LogP contribution in [-0.4, -0.2) is 52.8 Å². The molecule has 0 unspecified atom stereocenters. The average molecular weight is 403 g/mol. The zero-order valence-corrected chi connectivity index (χ0v) is 17.1. The largest absolute Gasteiger partial charge is 0.387 e. The van der Waals surface area contributed by atoms with Crippen molar-refractivity contribution in [2.75, 3.05) is 36.0 Å². The van der Waals surface area contributed by atoms with E-state index in [-0.39, 0.29) is 5.41 Å². The molecule has 30 heavy (non-hydrogen) atoms. The van der Waals surface area contributed by atoms with E-state index in [0.717, 1.165) is 98.5 Å². The summed E-state index contributed by atoms with van der Waals surface area (Å²) in [6.07, 6.45) is 9.05. The highest BCUT2D eigenvalue weighted by atomic mass is 15.3. The molecule has 2 aromatic rings. The maximum absolute atomic E-state index is 6.20. The molecule has 0 aromatic carbocycles. The van der Waals surface area contributed by atoms with Crippen LogP contribution in [0.15, 0.2) is 34.5 Å². The first kappa shape index (κ1) is 17.8. The number of amidine groups is 2. The summed E-state index contributed by atoms with van der Waals surface area (Å²) < 4.78 is 0. The molecule has 8 nitrogen and oxygen atoms in total. The molecule has 0 radical (unpaired) electrons. The second-order valence-electron chi connectivity index (χ2n) is 8.67. The zero-order chi connectivity index (χ0) is 20.1. The molecule has 0 bridgehead atoms. The quantitative estimate of drug-likeness (QED) is 0.783. The van der Waals surface area contributed by atoms with Crippen LogP contribution in [0.4, 0.5) is 11.5 Å².